The second-order valence-corrected chi connectivity index (χ2v) is 9.26. The highest BCUT2D eigenvalue weighted by atomic mass is 16.3. The van der Waals surface area contributed by atoms with Gasteiger partial charge in [0.1, 0.15) is 11.4 Å². The van der Waals surface area contributed by atoms with Gasteiger partial charge in [0.2, 0.25) is 0 Å². The average Bonchev–Trinajstić information content (AvgIpc) is 2.82. The van der Waals surface area contributed by atoms with Gasteiger partial charge < -0.3 is 30.0 Å². The lowest BCUT2D eigenvalue weighted by Crippen LogP contribution is -2.52. The lowest BCUT2D eigenvalue weighted by molar-refractivity contribution is 0.0647. The molecule has 0 aromatic heterocycles. The summed E-state index contributed by atoms with van der Waals surface area (Å²) in [5.74, 6) is -0.406. The number of nitrogens with zero attached hydrogens (tertiary/aromatic N) is 4. The smallest absolute Gasteiger partial charge is 0.319 e. The zero-order valence-corrected chi connectivity index (χ0v) is 20.6. The molecule has 0 aliphatic carbocycles. The van der Waals surface area contributed by atoms with Gasteiger partial charge in [-0.05, 0) is 25.0 Å². The van der Waals surface area contributed by atoms with Gasteiger partial charge in [0.15, 0.2) is 5.75 Å². The number of hydrogen-bond acceptors (Lipinski definition) is 7. The molecule has 1 aliphatic rings. The van der Waals surface area contributed by atoms with Crippen molar-refractivity contribution in [3.63, 3.8) is 0 Å². The number of carbonyl (C=O) groups excluding carboxylic acids is 2. The molecule has 1 atom stereocenters. The fraction of sp³-hybridized carbons (Fsp3) is 0.500. The van der Waals surface area contributed by atoms with Crippen molar-refractivity contribution in [3.8, 4) is 5.75 Å². The van der Waals surface area contributed by atoms with E-state index in [4.69, 9.17) is 0 Å². The number of aromatic hydroxyl groups is 1. The third-order valence-corrected chi connectivity index (χ3v) is 6.56. The van der Waals surface area contributed by atoms with Gasteiger partial charge in [0.05, 0.1) is 11.3 Å². The summed E-state index contributed by atoms with van der Waals surface area (Å²) < 4.78 is 0. The predicted molar refractivity (Wildman–Crippen MR) is 132 cm³/mol. The van der Waals surface area contributed by atoms with Crippen LogP contribution in [0.5, 0.6) is 5.75 Å². The zero-order valence-electron chi connectivity index (χ0n) is 20.6. The largest absolute Gasteiger partial charge is 0.505 e. The molecular formula is C24H33N5O5. The molecule has 1 saturated heterocycles. The summed E-state index contributed by atoms with van der Waals surface area (Å²) in [4.78, 5) is 56.3. The van der Waals surface area contributed by atoms with Crippen molar-refractivity contribution in [2.24, 2.45) is 5.92 Å². The van der Waals surface area contributed by atoms with Crippen molar-refractivity contribution in [3.05, 3.63) is 44.2 Å². The molecule has 10 heteroatoms. The van der Waals surface area contributed by atoms with Crippen molar-refractivity contribution in [2.45, 2.75) is 26.8 Å². The normalized spacial score (nSPS) is 14.9. The highest BCUT2D eigenvalue weighted by Crippen LogP contribution is 2.33. The number of phenols is 1. The molecular weight excluding hydrogens is 438 g/mol. The molecule has 1 aliphatic heterocycles. The minimum Gasteiger partial charge on any atom is -0.505 e. The molecule has 2 aromatic carbocycles. The van der Waals surface area contributed by atoms with Gasteiger partial charge >= 0.3 is 6.03 Å². The molecule has 1 fully saturated rings. The molecule has 10 nitrogen and oxygen atoms in total. The van der Waals surface area contributed by atoms with Crippen molar-refractivity contribution in [2.75, 3.05) is 57.5 Å². The van der Waals surface area contributed by atoms with Crippen molar-refractivity contribution in [1.82, 2.24) is 14.7 Å². The Balaban J connectivity index is 1.79. The number of phenolic OH excluding ortho intramolecular Hbond substituents is 1. The first-order valence-corrected chi connectivity index (χ1v) is 11.4. The summed E-state index contributed by atoms with van der Waals surface area (Å²) >= 11 is 0. The van der Waals surface area contributed by atoms with E-state index in [2.05, 4.69) is 5.32 Å². The number of amides is 3. The summed E-state index contributed by atoms with van der Waals surface area (Å²) in [6.45, 7) is 7.50. The molecule has 0 radical (unpaired) electrons. The van der Waals surface area contributed by atoms with Crippen LogP contribution in [0.2, 0.25) is 0 Å². The van der Waals surface area contributed by atoms with E-state index < -0.39 is 10.9 Å². The second-order valence-electron chi connectivity index (χ2n) is 9.26. The molecule has 0 spiro atoms. The van der Waals surface area contributed by atoms with Gasteiger partial charge in [-0.2, -0.15) is 0 Å². The topological polar surface area (TPSA) is 114 Å². The minimum absolute atomic E-state index is 0.0170. The number of hydrogen-bond donors (Lipinski definition) is 2. The highest BCUT2D eigenvalue weighted by molar-refractivity contribution is 5.99. The van der Waals surface area contributed by atoms with Gasteiger partial charge in [-0.1, -0.05) is 19.9 Å². The maximum Gasteiger partial charge on any atom is 0.319 e. The maximum atomic E-state index is 13.1. The lowest BCUT2D eigenvalue weighted by Gasteiger charge is -2.36. The van der Waals surface area contributed by atoms with Crippen LogP contribution in [0, 0.1) is 5.92 Å². The summed E-state index contributed by atoms with van der Waals surface area (Å²) in [5, 5.41) is 13.7. The van der Waals surface area contributed by atoms with Gasteiger partial charge in [-0.15, -0.1) is 0 Å². The summed E-state index contributed by atoms with van der Waals surface area (Å²) in [7, 11) is 5.12. The van der Waals surface area contributed by atoms with Gasteiger partial charge in [0, 0.05) is 53.4 Å². The average molecular weight is 472 g/mol. The van der Waals surface area contributed by atoms with E-state index in [-0.39, 0.29) is 52.3 Å². The number of piperazine rings is 1. The van der Waals surface area contributed by atoms with E-state index in [9.17, 15) is 24.3 Å². The van der Waals surface area contributed by atoms with Crippen LogP contribution in [0.4, 0.5) is 21.9 Å². The molecule has 0 saturated carbocycles. The third kappa shape index (κ3) is 4.57. The Morgan fingerprint density at radius 3 is 2.12 bits per heavy atom. The highest BCUT2D eigenvalue weighted by Gasteiger charge is 2.30. The molecule has 2 aromatic rings. The number of carbonyl (C=O) groups is 2. The fourth-order valence-corrected chi connectivity index (χ4v) is 3.99. The fourth-order valence-electron chi connectivity index (χ4n) is 3.99. The molecule has 0 bridgehead atoms. The second kappa shape index (κ2) is 9.74. The van der Waals surface area contributed by atoms with Crippen molar-refractivity contribution < 1.29 is 14.7 Å². The quantitative estimate of drug-likeness (QED) is 0.486. The molecule has 1 heterocycles. The number of rotatable bonds is 6. The SMILES string of the molecule is CC(C)[C@H](C)N(C)c1c(Nc2cccc(C(=O)N3CCN(C(=O)N(C)C)CC3)c2O)c(=O)c1=O. The first-order valence-electron chi connectivity index (χ1n) is 11.4. The van der Waals surface area contributed by atoms with Crippen molar-refractivity contribution >= 4 is 29.0 Å². The standard InChI is InChI=1S/C24H33N5O5/c1-14(2)15(3)27(6)19-18(21(31)22(19)32)25-17-9-7-8-16(20(17)30)23(33)28-10-12-29(13-11-28)24(34)26(4)5/h7-9,14-15,25,30H,10-13H2,1-6H3/t15-/m0/s1. The molecule has 3 rings (SSSR count). The van der Waals surface area contributed by atoms with E-state index >= 15 is 0 Å². The Labute approximate surface area is 199 Å². The van der Waals surface area contributed by atoms with Crippen LogP contribution in [0.25, 0.3) is 0 Å². The zero-order chi connectivity index (χ0) is 25.3. The summed E-state index contributed by atoms with van der Waals surface area (Å²) in [6, 6.07) is 4.57. The number of nitrogens with one attached hydrogen (secondary N) is 1. The molecule has 3 amide bonds. The summed E-state index contributed by atoms with van der Waals surface area (Å²) in [5.41, 5.74) is -0.600. The Morgan fingerprint density at radius 1 is 0.971 bits per heavy atom. The lowest BCUT2D eigenvalue weighted by atomic mass is 10.0. The Kier molecular flexibility index (Phi) is 7.18. The van der Waals surface area contributed by atoms with Gasteiger partial charge in [-0.25, -0.2) is 4.79 Å². The van der Waals surface area contributed by atoms with E-state index in [0.29, 0.717) is 26.2 Å². The van der Waals surface area contributed by atoms with Crippen molar-refractivity contribution in [1.29, 1.82) is 0 Å². The molecule has 184 valence electrons. The predicted octanol–water partition coefficient (Wildman–Crippen LogP) is 1.65. The molecule has 0 unspecified atom stereocenters. The minimum atomic E-state index is -0.657. The van der Waals surface area contributed by atoms with Crippen LogP contribution in [0.3, 0.4) is 0 Å². The maximum absolute atomic E-state index is 13.1. The van der Waals surface area contributed by atoms with Crippen LogP contribution in [0.15, 0.2) is 27.8 Å². The van der Waals surface area contributed by atoms with Crippen LogP contribution in [0.1, 0.15) is 31.1 Å². The third-order valence-electron chi connectivity index (χ3n) is 6.56. The summed E-state index contributed by atoms with van der Waals surface area (Å²) in [6.07, 6.45) is 0. The number of urea groups is 1. The Hall–Kier alpha value is -3.56. The molecule has 34 heavy (non-hydrogen) atoms. The van der Waals surface area contributed by atoms with Gasteiger partial charge in [-0.3, -0.25) is 14.4 Å². The van der Waals surface area contributed by atoms with Crippen LogP contribution in [-0.4, -0.2) is 85.1 Å². The van der Waals surface area contributed by atoms with Crippen LogP contribution >= 0.6 is 0 Å². The van der Waals surface area contributed by atoms with Gasteiger partial charge in [0.25, 0.3) is 16.8 Å². The Morgan fingerprint density at radius 2 is 1.56 bits per heavy atom. The van der Waals surface area contributed by atoms with E-state index in [1.165, 1.54) is 11.0 Å². The molecule has 2 N–H and O–H groups in total. The van der Waals surface area contributed by atoms with E-state index in [0.717, 1.165) is 0 Å². The van der Waals surface area contributed by atoms with E-state index in [1.54, 1.807) is 48.0 Å². The van der Waals surface area contributed by atoms with E-state index in [1.807, 2.05) is 20.8 Å². The number of anilines is 3. The number of para-hydroxylation sites is 1. The first-order chi connectivity index (χ1) is 16.0. The van der Waals surface area contributed by atoms with Crippen LogP contribution < -0.4 is 21.1 Å². The Bertz CT molecular complexity index is 1140. The monoisotopic (exact) mass is 471 g/mol. The van der Waals surface area contributed by atoms with Crippen LogP contribution in [-0.2, 0) is 0 Å². The number of benzene rings is 1. The first kappa shape index (κ1) is 25.1.